The third kappa shape index (κ3) is 2.83. The van der Waals surface area contributed by atoms with Crippen molar-refractivity contribution in [2.45, 2.75) is 12.3 Å². The predicted octanol–water partition coefficient (Wildman–Crippen LogP) is 4.24. The minimum atomic E-state index is -0.157. The van der Waals surface area contributed by atoms with E-state index < -0.39 is 0 Å². The van der Waals surface area contributed by atoms with Gasteiger partial charge in [-0.05, 0) is 19.1 Å². The summed E-state index contributed by atoms with van der Waals surface area (Å²) in [6.45, 7) is 1.91. The lowest BCUT2D eigenvalue weighted by Gasteiger charge is -2.08. The highest BCUT2D eigenvalue weighted by Gasteiger charge is 2.14. The van der Waals surface area contributed by atoms with Gasteiger partial charge in [-0.2, -0.15) is 5.10 Å². The van der Waals surface area contributed by atoms with E-state index >= 15 is 0 Å². The Kier molecular flexibility index (Phi) is 4.11. The van der Waals surface area contributed by atoms with Crippen LogP contribution in [0.2, 0.25) is 0 Å². The van der Waals surface area contributed by atoms with Crippen molar-refractivity contribution < 1.29 is 4.74 Å². The van der Waals surface area contributed by atoms with E-state index in [1.165, 1.54) is 0 Å². The molecule has 3 aromatic rings. The van der Waals surface area contributed by atoms with Crippen molar-refractivity contribution >= 4 is 11.6 Å². The molecule has 0 bridgehead atoms. The number of halogens is 1. The van der Waals surface area contributed by atoms with Gasteiger partial charge in [-0.1, -0.05) is 30.3 Å². The predicted molar refractivity (Wildman–Crippen MR) is 87.6 cm³/mol. The van der Waals surface area contributed by atoms with Crippen molar-refractivity contribution in [2.75, 3.05) is 7.11 Å². The van der Waals surface area contributed by atoms with E-state index in [2.05, 4.69) is 10.1 Å². The average Bonchev–Trinajstić information content (AvgIpc) is 3.01. The molecule has 0 radical (unpaired) electrons. The number of alkyl halides is 1. The van der Waals surface area contributed by atoms with Crippen molar-refractivity contribution in [1.29, 1.82) is 0 Å². The van der Waals surface area contributed by atoms with Crippen LogP contribution in [-0.2, 0) is 0 Å². The molecular formula is C17H16ClN3O. The van der Waals surface area contributed by atoms with E-state index in [4.69, 9.17) is 16.3 Å². The Morgan fingerprint density at radius 1 is 1.14 bits per heavy atom. The molecule has 22 heavy (non-hydrogen) atoms. The number of hydrogen-bond acceptors (Lipinski definition) is 3. The van der Waals surface area contributed by atoms with Gasteiger partial charge in [0.1, 0.15) is 0 Å². The van der Waals surface area contributed by atoms with E-state index in [-0.39, 0.29) is 5.38 Å². The third-order valence-electron chi connectivity index (χ3n) is 3.38. The van der Waals surface area contributed by atoms with Crippen molar-refractivity contribution in [3.63, 3.8) is 0 Å². The van der Waals surface area contributed by atoms with Crippen LogP contribution in [0.5, 0.6) is 5.88 Å². The van der Waals surface area contributed by atoms with Crippen molar-refractivity contribution in [1.82, 2.24) is 14.8 Å². The molecule has 5 heteroatoms. The molecule has 4 nitrogen and oxygen atoms in total. The zero-order valence-corrected chi connectivity index (χ0v) is 13.2. The molecule has 0 aliphatic rings. The summed E-state index contributed by atoms with van der Waals surface area (Å²) in [7, 11) is 1.60. The molecule has 0 amide bonds. The van der Waals surface area contributed by atoms with Crippen LogP contribution in [0.25, 0.3) is 16.9 Å². The Hall–Kier alpha value is -2.33. The van der Waals surface area contributed by atoms with Crippen LogP contribution >= 0.6 is 11.6 Å². The largest absolute Gasteiger partial charge is 0.481 e. The zero-order chi connectivity index (χ0) is 15.5. The molecule has 0 aliphatic heterocycles. The van der Waals surface area contributed by atoms with Gasteiger partial charge < -0.3 is 4.74 Å². The normalized spacial score (nSPS) is 12.1. The molecule has 1 atom stereocenters. The molecule has 1 unspecified atom stereocenters. The van der Waals surface area contributed by atoms with Crippen LogP contribution in [0, 0.1) is 0 Å². The fourth-order valence-electron chi connectivity index (χ4n) is 2.22. The highest BCUT2D eigenvalue weighted by atomic mass is 35.5. The lowest BCUT2D eigenvalue weighted by Crippen LogP contribution is -2.01. The molecule has 112 valence electrons. The number of rotatable bonds is 4. The van der Waals surface area contributed by atoms with E-state index in [1.54, 1.807) is 13.3 Å². The van der Waals surface area contributed by atoms with Crippen LogP contribution in [-0.4, -0.2) is 21.9 Å². The number of ether oxygens (including phenoxy) is 1. The number of nitrogens with zero attached hydrogens (tertiary/aromatic N) is 3. The molecule has 0 aliphatic carbocycles. The standard InChI is InChI=1S/C17H16ClN3O/c1-12(18)15-10-16(13-6-4-3-5-7-13)21(20-15)14-8-9-17(22-2)19-11-14/h3-12H,1-2H3. The maximum atomic E-state index is 6.20. The summed E-state index contributed by atoms with van der Waals surface area (Å²) in [5, 5.41) is 4.46. The number of pyridine rings is 1. The fraction of sp³-hybridized carbons (Fsp3) is 0.176. The first kappa shape index (κ1) is 14.6. The molecule has 0 saturated heterocycles. The van der Waals surface area contributed by atoms with Crippen LogP contribution in [0.15, 0.2) is 54.7 Å². The van der Waals surface area contributed by atoms with Gasteiger partial charge in [0.2, 0.25) is 5.88 Å². The minimum Gasteiger partial charge on any atom is -0.481 e. The molecule has 1 aromatic carbocycles. The molecular weight excluding hydrogens is 298 g/mol. The van der Waals surface area contributed by atoms with E-state index in [0.29, 0.717) is 5.88 Å². The Morgan fingerprint density at radius 3 is 2.50 bits per heavy atom. The summed E-state index contributed by atoms with van der Waals surface area (Å²) in [6, 6.07) is 15.8. The van der Waals surface area contributed by atoms with E-state index in [1.807, 2.05) is 60.1 Å². The molecule has 2 aromatic heterocycles. The number of aromatic nitrogens is 3. The van der Waals surface area contributed by atoms with Crippen LogP contribution in [0.4, 0.5) is 0 Å². The number of benzene rings is 1. The first-order chi connectivity index (χ1) is 10.7. The van der Waals surface area contributed by atoms with Gasteiger partial charge >= 0.3 is 0 Å². The molecule has 0 saturated carbocycles. The fourth-order valence-corrected chi connectivity index (χ4v) is 2.33. The lowest BCUT2D eigenvalue weighted by atomic mass is 10.1. The number of hydrogen-bond donors (Lipinski definition) is 0. The second-order valence-corrected chi connectivity index (χ2v) is 5.56. The monoisotopic (exact) mass is 313 g/mol. The molecule has 0 fully saturated rings. The van der Waals surface area contributed by atoms with Gasteiger partial charge in [-0.25, -0.2) is 9.67 Å². The lowest BCUT2D eigenvalue weighted by molar-refractivity contribution is 0.397. The number of methoxy groups -OCH3 is 1. The molecule has 3 rings (SSSR count). The van der Waals surface area contributed by atoms with Gasteiger partial charge in [-0.15, -0.1) is 11.6 Å². The summed E-state index contributed by atoms with van der Waals surface area (Å²) in [5.41, 5.74) is 3.75. The Morgan fingerprint density at radius 2 is 1.91 bits per heavy atom. The average molecular weight is 314 g/mol. The summed E-state index contributed by atoms with van der Waals surface area (Å²) < 4.78 is 6.96. The van der Waals surface area contributed by atoms with Gasteiger partial charge in [0.15, 0.2) is 0 Å². The first-order valence-corrected chi connectivity index (χ1v) is 7.42. The summed E-state index contributed by atoms with van der Waals surface area (Å²) in [6.07, 6.45) is 1.74. The van der Waals surface area contributed by atoms with Crippen molar-refractivity contribution in [3.05, 3.63) is 60.4 Å². The minimum absolute atomic E-state index is 0.157. The summed E-state index contributed by atoms with van der Waals surface area (Å²) in [4.78, 5) is 4.25. The second-order valence-electron chi connectivity index (χ2n) is 4.91. The summed E-state index contributed by atoms with van der Waals surface area (Å²) in [5.74, 6) is 0.572. The highest BCUT2D eigenvalue weighted by molar-refractivity contribution is 6.20. The maximum absolute atomic E-state index is 6.20. The van der Waals surface area contributed by atoms with Crippen LogP contribution in [0.1, 0.15) is 18.0 Å². The Balaban J connectivity index is 2.12. The topological polar surface area (TPSA) is 39.9 Å². The molecule has 0 spiro atoms. The van der Waals surface area contributed by atoms with Crippen molar-refractivity contribution in [2.24, 2.45) is 0 Å². The highest BCUT2D eigenvalue weighted by Crippen LogP contribution is 2.28. The quantitative estimate of drug-likeness (QED) is 0.676. The van der Waals surface area contributed by atoms with Gasteiger partial charge in [0.05, 0.1) is 35.8 Å². The Bertz CT molecular complexity index is 751. The van der Waals surface area contributed by atoms with E-state index in [0.717, 1.165) is 22.6 Å². The first-order valence-electron chi connectivity index (χ1n) is 6.99. The van der Waals surface area contributed by atoms with Crippen LogP contribution in [0.3, 0.4) is 0 Å². The van der Waals surface area contributed by atoms with E-state index in [9.17, 15) is 0 Å². The molecule has 0 N–H and O–H groups in total. The van der Waals surface area contributed by atoms with Gasteiger partial charge in [0, 0.05) is 11.6 Å². The third-order valence-corrected chi connectivity index (χ3v) is 3.60. The smallest absolute Gasteiger partial charge is 0.213 e. The summed E-state index contributed by atoms with van der Waals surface area (Å²) >= 11 is 6.20. The van der Waals surface area contributed by atoms with Gasteiger partial charge in [0.25, 0.3) is 0 Å². The Labute approximate surface area is 134 Å². The zero-order valence-electron chi connectivity index (χ0n) is 12.4. The SMILES string of the molecule is COc1ccc(-n2nc(C(C)Cl)cc2-c2ccccc2)cn1. The maximum Gasteiger partial charge on any atom is 0.213 e. The second kappa shape index (κ2) is 6.20. The van der Waals surface area contributed by atoms with Gasteiger partial charge in [-0.3, -0.25) is 0 Å². The van der Waals surface area contributed by atoms with Crippen molar-refractivity contribution in [3.8, 4) is 22.8 Å². The molecule has 2 heterocycles. The van der Waals surface area contributed by atoms with Crippen LogP contribution < -0.4 is 4.74 Å².